The lowest BCUT2D eigenvalue weighted by Gasteiger charge is -2.44. The van der Waals surface area contributed by atoms with Crippen molar-refractivity contribution in [1.29, 1.82) is 5.26 Å². The van der Waals surface area contributed by atoms with Crippen molar-refractivity contribution >= 4 is 21.8 Å². The van der Waals surface area contributed by atoms with Crippen molar-refractivity contribution in [2.24, 2.45) is 0 Å². The Hall–Kier alpha value is -2.36. The highest BCUT2D eigenvalue weighted by atomic mass is 79.9. The van der Waals surface area contributed by atoms with Crippen LogP contribution in [-0.4, -0.2) is 43.1 Å². The van der Waals surface area contributed by atoms with Gasteiger partial charge in [-0.15, -0.1) is 0 Å². The molecule has 30 heavy (non-hydrogen) atoms. The SMILES string of the molecule is N#Cc1ccc2c(c1)[C@@H]1CCCN(CCCCNC(=O)c3ccc(Br)cc3)[C@H]1CO2. The van der Waals surface area contributed by atoms with E-state index in [1.165, 1.54) is 5.56 Å². The molecule has 2 atom stereocenters. The predicted octanol–water partition coefficient (Wildman–Crippen LogP) is 4.47. The monoisotopic (exact) mass is 467 g/mol. The van der Waals surface area contributed by atoms with E-state index < -0.39 is 0 Å². The number of benzene rings is 2. The summed E-state index contributed by atoms with van der Waals surface area (Å²) in [6, 6.07) is 15.8. The molecule has 0 unspecified atom stereocenters. The van der Waals surface area contributed by atoms with Gasteiger partial charge in [0.1, 0.15) is 12.4 Å². The summed E-state index contributed by atoms with van der Waals surface area (Å²) in [5, 5.41) is 12.3. The Kier molecular flexibility index (Phi) is 6.71. The minimum atomic E-state index is -0.0221. The van der Waals surface area contributed by atoms with Gasteiger partial charge in [-0.3, -0.25) is 9.69 Å². The first-order valence-electron chi connectivity index (χ1n) is 10.6. The minimum Gasteiger partial charge on any atom is -0.492 e. The summed E-state index contributed by atoms with van der Waals surface area (Å²) in [7, 11) is 0. The number of unbranched alkanes of at least 4 members (excludes halogenated alkanes) is 1. The molecule has 0 radical (unpaired) electrons. The van der Waals surface area contributed by atoms with E-state index in [1.54, 1.807) is 0 Å². The topological polar surface area (TPSA) is 65.4 Å². The number of carbonyl (C=O) groups is 1. The Morgan fingerprint density at radius 2 is 2.07 bits per heavy atom. The van der Waals surface area contributed by atoms with Crippen molar-refractivity contribution in [3.63, 3.8) is 0 Å². The molecule has 1 amide bonds. The van der Waals surface area contributed by atoms with Crippen molar-refractivity contribution in [2.75, 3.05) is 26.2 Å². The fourth-order valence-corrected chi connectivity index (χ4v) is 4.81. The fourth-order valence-electron chi connectivity index (χ4n) is 4.55. The van der Waals surface area contributed by atoms with E-state index in [2.05, 4.69) is 32.2 Å². The van der Waals surface area contributed by atoms with Gasteiger partial charge < -0.3 is 10.1 Å². The number of ether oxygens (including phenoxy) is 1. The van der Waals surface area contributed by atoms with Crippen LogP contribution in [0, 0.1) is 11.3 Å². The molecule has 0 spiro atoms. The van der Waals surface area contributed by atoms with Gasteiger partial charge in [0.25, 0.3) is 5.91 Å². The molecular formula is C24H26BrN3O2. The first-order chi connectivity index (χ1) is 14.7. The van der Waals surface area contributed by atoms with Crippen LogP contribution in [0.1, 0.15) is 53.1 Å². The molecule has 1 saturated heterocycles. The van der Waals surface area contributed by atoms with Crippen LogP contribution in [0.4, 0.5) is 0 Å². The Labute approximate surface area is 186 Å². The zero-order valence-electron chi connectivity index (χ0n) is 16.9. The zero-order chi connectivity index (χ0) is 20.9. The summed E-state index contributed by atoms with van der Waals surface area (Å²) in [5.74, 6) is 1.35. The molecule has 1 fully saturated rings. The van der Waals surface area contributed by atoms with E-state index in [0.717, 1.165) is 49.0 Å². The molecule has 0 aromatic heterocycles. The molecule has 2 heterocycles. The summed E-state index contributed by atoms with van der Waals surface area (Å²) >= 11 is 3.39. The van der Waals surface area contributed by atoms with Gasteiger partial charge in [0, 0.05) is 28.1 Å². The molecule has 2 aliphatic heterocycles. The Morgan fingerprint density at radius 3 is 2.87 bits per heavy atom. The highest BCUT2D eigenvalue weighted by molar-refractivity contribution is 9.10. The second-order valence-corrected chi connectivity index (χ2v) is 8.91. The van der Waals surface area contributed by atoms with Gasteiger partial charge in [-0.05, 0) is 81.2 Å². The average molecular weight is 468 g/mol. The van der Waals surface area contributed by atoms with Gasteiger partial charge in [-0.2, -0.15) is 5.26 Å². The lowest BCUT2D eigenvalue weighted by atomic mass is 9.81. The number of piperidine rings is 1. The highest BCUT2D eigenvalue weighted by Gasteiger charge is 2.37. The maximum Gasteiger partial charge on any atom is 0.251 e. The third-order valence-electron chi connectivity index (χ3n) is 6.11. The van der Waals surface area contributed by atoms with Crippen LogP contribution >= 0.6 is 15.9 Å². The minimum absolute atomic E-state index is 0.0221. The molecule has 0 bridgehead atoms. The lowest BCUT2D eigenvalue weighted by Crippen LogP contribution is -2.49. The quantitative estimate of drug-likeness (QED) is 0.636. The number of carbonyl (C=O) groups excluding carboxylic acids is 1. The molecule has 4 rings (SSSR count). The summed E-state index contributed by atoms with van der Waals surface area (Å²) < 4.78 is 7.00. The van der Waals surface area contributed by atoms with Crippen LogP contribution in [-0.2, 0) is 0 Å². The number of fused-ring (bicyclic) bond motifs is 3. The standard InChI is InChI=1S/C24H26BrN3O2/c25-19-8-6-18(7-9-19)24(29)27-11-1-2-12-28-13-3-4-20-21-14-17(15-26)5-10-23(21)30-16-22(20)28/h5-10,14,20,22H,1-4,11-13,16H2,(H,27,29)/t20-,22-/m0/s1. The number of rotatable bonds is 6. The molecule has 2 aromatic carbocycles. The number of nitrogens with zero attached hydrogens (tertiary/aromatic N) is 2. The van der Waals surface area contributed by atoms with Crippen molar-refractivity contribution in [3.05, 3.63) is 63.6 Å². The van der Waals surface area contributed by atoms with E-state index in [1.807, 2.05) is 42.5 Å². The Balaban J connectivity index is 1.27. The van der Waals surface area contributed by atoms with E-state index in [-0.39, 0.29) is 5.91 Å². The van der Waals surface area contributed by atoms with Crippen molar-refractivity contribution in [2.45, 2.75) is 37.6 Å². The van der Waals surface area contributed by atoms with Gasteiger partial charge in [-0.25, -0.2) is 0 Å². The number of nitriles is 1. The van der Waals surface area contributed by atoms with Gasteiger partial charge in [0.2, 0.25) is 0 Å². The number of amides is 1. The van der Waals surface area contributed by atoms with Gasteiger partial charge in [-0.1, -0.05) is 15.9 Å². The molecule has 0 aliphatic carbocycles. The van der Waals surface area contributed by atoms with Crippen LogP contribution < -0.4 is 10.1 Å². The van der Waals surface area contributed by atoms with E-state index in [9.17, 15) is 10.1 Å². The van der Waals surface area contributed by atoms with Crippen LogP contribution in [0.5, 0.6) is 5.75 Å². The lowest BCUT2D eigenvalue weighted by molar-refractivity contribution is 0.0645. The first-order valence-corrected chi connectivity index (χ1v) is 11.4. The van der Waals surface area contributed by atoms with Crippen LogP contribution in [0.3, 0.4) is 0 Å². The molecule has 2 aromatic rings. The highest BCUT2D eigenvalue weighted by Crippen LogP contribution is 2.41. The summed E-state index contributed by atoms with van der Waals surface area (Å²) in [5.41, 5.74) is 2.58. The maximum absolute atomic E-state index is 12.2. The predicted molar refractivity (Wildman–Crippen MR) is 120 cm³/mol. The fraction of sp³-hybridized carbons (Fsp3) is 0.417. The number of halogens is 1. The van der Waals surface area contributed by atoms with Gasteiger partial charge >= 0.3 is 0 Å². The van der Waals surface area contributed by atoms with Crippen LogP contribution in [0.25, 0.3) is 0 Å². The molecule has 156 valence electrons. The van der Waals surface area contributed by atoms with E-state index >= 15 is 0 Å². The van der Waals surface area contributed by atoms with Crippen LogP contribution in [0.2, 0.25) is 0 Å². The second-order valence-electron chi connectivity index (χ2n) is 8.00. The van der Waals surface area contributed by atoms with Crippen molar-refractivity contribution in [1.82, 2.24) is 10.2 Å². The summed E-state index contributed by atoms with van der Waals surface area (Å²) in [6.45, 7) is 3.49. The Morgan fingerprint density at radius 1 is 1.23 bits per heavy atom. The third kappa shape index (κ3) is 4.69. The number of hydrogen-bond acceptors (Lipinski definition) is 4. The first kappa shape index (κ1) is 20.9. The number of likely N-dealkylation sites (tertiary alicyclic amines) is 1. The molecule has 5 nitrogen and oxygen atoms in total. The normalized spacial score (nSPS) is 20.4. The molecule has 1 N–H and O–H groups in total. The maximum atomic E-state index is 12.2. The van der Waals surface area contributed by atoms with E-state index in [4.69, 9.17) is 4.74 Å². The molecular weight excluding hydrogens is 442 g/mol. The number of hydrogen-bond donors (Lipinski definition) is 1. The Bertz CT molecular complexity index is 938. The van der Waals surface area contributed by atoms with Crippen molar-refractivity contribution < 1.29 is 9.53 Å². The summed E-state index contributed by atoms with van der Waals surface area (Å²) in [6.07, 6.45) is 4.30. The van der Waals surface area contributed by atoms with Crippen molar-refractivity contribution in [3.8, 4) is 11.8 Å². The smallest absolute Gasteiger partial charge is 0.251 e. The summed E-state index contributed by atoms with van der Waals surface area (Å²) in [4.78, 5) is 14.7. The second kappa shape index (κ2) is 9.63. The number of nitrogens with one attached hydrogen (secondary N) is 1. The van der Waals surface area contributed by atoms with Crippen LogP contribution in [0.15, 0.2) is 46.9 Å². The van der Waals surface area contributed by atoms with Gasteiger partial charge in [0.15, 0.2) is 0 Å². The zero-order valence-corrected chi connectivity index (χ0v) is 18.5. The molecule has 0 saturated carbocycles. The molecule has 6 heteroatoms. The largest absolute Gasteiger partial charge is 0.492 e. The average Bonchev–Trinajstić information content (AvgIpc) is 2.78. The van der Waals surface area contributed by atoms with E-state index in [0.29, 0.717) is 36.2 Å². The third-order valence-corrected chi connectivity index (χ3v) is 6.63. The van der Waals surface area contributed by atoms with Gasteiger partial charge in [0.05, 0.1) is 17.7 Å². The molecule has 2 aliphatic rings.